The van der Waals surface area contributed by atoms with E-state index < -0.39 is 41.5 Å². The van der Waals surface area contributed by atoms with Crippen molar-refractivity contribution in [2.24, 2.45) is 0 Å². The van der Waals surface area contributed by atoms with Gasteiger partial charge in [0.1, 0.15) is 6.67 Å². The van der Waals surface area contributed by atoms with Gasteiger partial charge in [0, 0.05) is 37.8 Å². The molecule has 1 aliphatic heterocycles. The van der Waals surface area contributed by atoms with E-state index >= 15 is 0 Å². The molecule has 2 rings (SSSR count). The Morgan fingerprint density at radius 2 is 1.58 bits per heavy atom. The molecule has 7 heteroatoms. The molecule has 1 aromatic rings. The molecule has 19 heavy (non-hydrogen) atoms. The van der Waals surface area contributed by atoms with E-state index in [2.05, 4.69) is 5.32 Å². The lowest BCUT2D eigenvalue weighted by Gasteiger charge is -2.33. The zero-order valence-corrected chi connectivity index (χ0v) is 10.0. The molecule has 0 aromatic heterocycles. The molecule has 0 amide bonds. The third-order valence-electron chi connectivity index (χ3n) is 3.22. The van der Waals surface area contributed by atoms with Gasteiger partial charge in [0.25, 0.3) is 0 Å². The zero-order chi connectivity index (χ0) is 14.0. The molecule has 1 fully saturated rings. The topological polar surface area (TPSA) is 15.3 Å². The molecule has 0 aliphatic carbocycles. The number of halogens is 5. The maximum atomic E-state index is 13.6. The number of hydrogen-bond donors (Lipinski definition) is 1. The number of nitrogens with one attached hydrogen (secondary N) is 1. The second-order valence-corrected chi connectivity index (χ2v) is 4.34. The predicted molar refractivity (Wildman–Crippen MR) is 59.4 cm³/mol. The number of nitrogens with zero attached hydrogens (tertiary/aromatic N) is 1. The van der Waals surface area contributed by atoms with Gasteiger partial charge in [-0.2, -0.15) is 0 Å². The minimum atomic E-state index is -1.53. The van der Waals surface area contributed by atoms with Crippen LogP contribution in [0.4, 0.5) is 22.0 Å². The molecule has 1 N–H and O–H groups in total. The molecule has 0 radical (unpaired) electrons. The van der Waals surface area contributed by atoms with E-state index in [9.17, 15) is 22.0 Å². The van der Waals surface area contributed by atoms with Crippen LogP contribution in [0.1, 0.15) is 11.6 Å². The summed E-state index contributed by atoms with van der Waals surface area (Å²) in [7, 11) is 0. The van der Waals surface area contributed by atoms with Crippen molar-refractivity contribution >= 4 is 0 Å². The van der Waals surface area contributed by atoms with Crippen LogP contribution < -0.4 is 5.32 Å². The summed E-state index contributed by atoms with van der Waals surface area (Å²) in [4.78, 5) is 1.47. The molecular weight excluding hydrogens is 267 g/mol. The van der Waals surface area contributed by atoms with Crippen LogP contribution >= 0.6 is 0 Å². The maximum absolute atomic E-state index is 13.6. The largest absolute Gasteiger partial charge is 0.314 e. The number of alkyl halides is 1. The Morgan fingerprint density at radius 3 is 2.05 bits per heavy atom. The van der Waals surface area contributed by atoms with E-state index in [1.54, 1.807) is 0 Å². The molecule has 1 saturated heterocycles. The summed E-state index contributed by atoms with van der Waals surface area (Å²) in [6.07, 6.45) is 0. The molecule has 2 nitrogen and oxygen atoms in total. The maximum Gasteiger partial charge on any atom is 0.166 e. The van der Waals surface area contributed by atoms with Gasteiger partial charge in [-0.3, -0.25) is 4.90 Å². The lowest BCUT2D eigenvalue weighted by atomic mass is 10.0. The van der Waals surface area contributed by atoms with E-state index in [1.807, 2.05) is 0 Å². The third kappa shape index (κ3) is 2.71. The second kappa shape index (κ2) is 5.83. The fourth-order valence-corrected chi connectivity index (χ4v) is 2.24. The number of piperazine rings is 1. The average Bonchev–Trinajstić information content (AvgIpc) is 2.42. The van der Waals surface area contributed by atoms with Crippen LogP contribution in [0.15, 0.2) is 6.07 Å². The average molecular weight is 280 g/mol. The molecule has 106 valence electrons. The Hall–Kier alpha value is -1.21. The summed E-state index contributed by atoms with van der Waals surface area (Å²) in [6.45, 7) is 0.642. The SMILES string of the molecule is FC[C@@H](c1c(F)c(F)cc(F)c1F)N1CCNCC1. The molecule has 0 bridgehead atoms. The van der Waals surface area contributed by atoms with Crippen LogP contribution in [0.25, 0.3) is 0 Å². The summed E-state index contributed by atoms with van der Waals surface area (Å²) in [5.74, 6) is -6.08. The Balaban J connectivity index is 2.42. The highest BCUT2D eigenvalue weighted by Crippen LogP contribution is 2.29. The van der Waals surface area contributed by atoms with Gasteiger partial charge in [0.2, 0.25) is 0 Å². The first-order chi connectivity index (χ1) is 9.06. The highest BCUT2D eigenvalue weighted by Gasteiger charge is 2.31. The van der Waals surface area contributed by atoms with E-state index in [0.29, 0.717) is 26.2 Å². The minimum Gasteiger partial charge on any atom is -0.314 e. The molecular formula is C12H13F5N2. The Bertz CT molecular complexity index is 434. The van der Waals surface area contributed by atoms with E-state index in [-0.39, 0.29) is 6.07 Å². The van der Waals surface area contributed by atoms with Crippen molar-refractivity contribution in [3.05, 3.63) is 34.9 Å². The summed E-state index contributed by atoms with van der Waals surface area (Å²) >= 11 is 0. The number of benzene rings is 1. The Morgan fingerprint density at radius 1 is 1.05 bits per heavy atom. The summed E-state index contributed by atoms with van der Waals surface area (Å²) in [6, 6.07) is -1.19. The minimum absolute atomic E-state index is 0.126. The summed E-state index contributed by atoms with van der Waals surface area (Å²) < 4.78 is 66.7. The van der Waals surface area contributed by atoms with Gasteiger partial charge in [-0.25, -0.2) is 22.0 Å². The van der Waals surface area contributed by atoms with Crippen molar-refractivity contribution in [1.82, 2.24) is 10.2 Å². The lowest BCUT2D eigenvalue weighted by molar-refractivity contribution is 0.139. The smallest absolute Gasteiger partial charge is 0.166 e. The Labute approximate surface area is 107 Å². The van der Waals surface area contributed by atoms with Gasteiger partial charge >= 0.3 is 0 Å². The summed E-state index contributed by atoms with van der Waals surface area (Å²) in [5.41, 5.74) is -0.873. The quantitative estimate of drug-likeness (QED) is 0.674. The van der Waals surface area contributed by atoms with Crippen LogP contribution in [0.3, 0.4) is 0 Å². The molecule has 0 unspecified atom stereocenters. The fourth-order valence-electron chi connectivity index (χ4n) is 2.24. The van der Waals surface area contributed by atoms with Crippen molar-refractivity contribution < 1.29 is 22.0 Å². The van der Waals surface area contributed by atoms with Crippen LogP contribution in [-0.2, 0) is 0 Å². The van der Waals surface area contributed by atoms with Crippen LogP contribution in [0.5, 0.6) is 0 Å². The molecule has 1 heterocycles. The first-order valence-corrected chi connectivity index (χ1v) is 5.90. The highest BCUT2D eigenvalue weighted by molar-refractivity contribution is 5.26. The predicted octanol–water partition coefficient (Wildman–Crippen LogP) is 2.16. The van der Waals surface area contributed by atoms with Crippen LogP contribution in [0, 0.1) is 23.3 Å². The van der Waals surface area contributed by atoms with Crippen molar-refractivity contribution in [3.63, 3.8) is 0 Å². The normalized spacial score (nSPS) is 18.6. The van der Waals surface area contributed by atoms with Crippen molar-refractivity contribution in [2.45, 2.75) is 6.04 Å². The van der Waals surface area contributed by atoms with E-state index in [1.165, 1.54) is 4.90 Å². The fraction of sp³-hybridized carbons (Fsp3) is 0.500. The zero-order valence-electron chi connectivity index (χ0n) is 10.0. The standard InChI is InChI=1S/C12H13F5N2/c13-6-9(19-3-1-18-2-4-19)10-11(16)7(14)5-8(15)12(10)17/h5,9,18H,1-4,6H2/t9-/m0/s1. The van der Waals surface area contributed by atoms with Gasteiger partial charge < -0.3 is 5.32 Å². The molecule has 1 aliphatic rings. The lowest BCUT2D eigenvalue weighted by Crippen LogP contribution is -2.46. The van der Waals surface area contributed by atoms with Gasteiger partial charge in [-0.1, -0.05) is 0 Å². The molecule has 1 aromatic carbocycles. The number of rotatable bonds is 3. The first-order valence-electron chi connectivity index (χ1n) is 5.90. The molecule has 1 atom stereocenters. The van der Waals surface area contributed by atoms with Crippen molar-refractivity contribution in [2.75, 3.05) is 32.9 Å². The van der Waals surface area contributed by atoms with Crippen LogP contribution in [-0.4, -0.2) is 37.8 Å². The highest BCUT2D eigenvalue weighted by atomic mass is 19.2. The van der Waals surface area contributed by atoms with E-state index in [4.69, 9.17) is 0 Å². The number of hydrogen-bond acceptors (Lipinski definition) is 2. The van der Waals surface area contributed by atoms with E-state index in [0.717, 1.165) is 0 Å². The Kier molecular flexibility index (Phi) is 4.36. The van der Waals surface area contributed by atoms with Gasteiger partial charge in [0.05, 0.1) is 6.04 Å². The van der Waals surface area contributed by atoms with Crippen molar-refractivity contribution in [1.29, 1.82) is 0 Å². The van der Waals surface area contributed by atoms with Gasteiger partial charge in [-0.15, -0.1) is 0 Å². The monoisotopic (exact) mass is 280 g/mol. The van der Waals surface area contributed by atoms with Crippen LogP contribution in [0.2, 0.25) is 0 Å². The van der Waals surface area contributed by atoms with Gasteiger partial charge in [0.15, 0.2) is 23.3 Å². The van der Waals surface area contributed by atoms with Gasteiger partial charge in [-0.05, 0) is 0 Å². The van der Waals surface area contributed by atoms with Crippen molar-refractivity contribution in [3.8, 4) is 0 Å². The molecule has 0 spiro atoms. The summed E-state index contributed by atoms with van der Waals surface area (Å²) in [5, 5.41) is 3.00. The first kappa shape index (κ1) is 14.2. The third-order valence-corrected chi connectivity index (χ3v) is 3.22. The second-order valence-electron chi connectivity index (χ2n) is 4.34. The molecule has 0 saturated carbocycles.